The molecular formula is C14H20FNO. The Kier molecular flexibility index (Phi) is 4.04. The molecule has 0 N–H and O–H groups in total. The van der Waals surface area contributed by atoms with Crippen LogP contribution in [0.3, 0.4) is 0 Å². The Bertz CT molecular complexity index is 407. The summed E-state index contributed by atoms with van der Waals surface area (Å²) in [4.78, 5) is 14.2. The normalized spacial score (nSPS) is 13.8. The fraction of sp³-hybridized carbons (Fsp3) is 0.500. The van der Waals surface area contributed by atoms with Gasteiger partial charge in [0.25, 0.3) is 0 Å². The number of nitrogens with zero attached hydrogens (tertiary/aromatic N) is 1. The zero-order chi connectivity index (χ0) is 13.2. The molecule has 0 radical (unpaired) electrons. The van der Waals surface area contributed by atoms with Crippen LogP contribution in [-0.4, -0.2) is 24.8 Å². The first-order valence-electron chi connectivity index (χ1n) is 5.69. The van der Waals surface area contributed by atoms with Gasteiger partial charge < -0.3 is 0 Å². The lowest BCUT2D eigenvalue weighted by molar-refractivity contribution is -0.131. The van der Waals surface area contributed by atoms with Gasteiger partial charge in [-0.2, -0.15) is 0 Å². The Morgan fingerprint density at radius 2 is 1.88 bits per heavy atom. The summed E-state index contributed by atoms with van der Waals surface area (Å²) < 4.78 is 13.2. The van der Waals surface area contributed by atoms with E-state index in [0.29, 0.717) is 5.56 Å². The third-order valence-corrected chi connectivity index (χ3v) is 2.67. The van der Waals surface area contributed by atoms with Gasteiger partial charge in [0.1, 0.15) is 5.82 Å². The van der Waals surface area contributed by atoms with Crippen LogP contribution in [0.2, 0.25) is 0 Å². The molecule has 0 saturated carbocycles. The number of Topliss-reactive ketones (excluding diaryl/α,β-unsaturated/α-hetero) is 1. The number of hydrogen-bond donors (Lipinski definition) is 0. The van der Waals surface area contributed by atoms with Crippen molar-refractivity contribution in [3.63, 3.8) is 0 Å². The Hall–Kier alpha value is -1.22. The Labute approximate surface area is 102 Å². The lowest BCUT2D eigenvalue weighted by Gasteiger charge is -2.29. The van der Waals surface area contributed by atoms with Gasteiger partial charge in [0, 0.05) is 5.41 Å². The lowest BCUT2D eigenvalue weighted by Crippen LogP contribution is -2.35. The fourth-order valence-electron chi connectivity index (χ4n) is 1.77. The summed E-state index contributed by atoms with van der Waals surface area (Å²) in [6.07, 6.45) is 0. The Morgan fingerprint density at radius 1 is 1.29 bits per heavy atom. The molecule has 1 aromatic rings. The van der Waals surface area contributed by atoms with Crippen molar-refractivity contribution in [2.24, 2.45) is 5.41 Å². The van der Waals surface area contributed by atoms with Crippen molar-refractivity contribution in [3.8, 4) is 0 Å². The van der Waals surface area contributed by atoms with Gasteiger partial charge in [-0.3, -0.25) is 9.69 Å². The third kappa shape index (κ3) is 3.37. The number of benzene rings is 1. The molecule has 0 heterocycles. The monoisotopic (exact) mass is 237 g/mol. The van der Waals surface area contributed by atoms with Gasteiger partial charge >= 0.3 is 0 Å². The topological polar surface area (TPSA) is 20.3 Å². The standard InChI is InChI=1S/C14H20FNO/c1-14(2,3)13(17)12(16(4)5)10-7-6-8-11(15)9-10/h6-9,12H,1-5H3. The van der Waals surface area contributed by atoms with Crippen molar-refractivity contribution in [1.82, 2.24) is 4.90 Å². The van der Waals surface area contributed by atoms with Gasteiger partial charge in [-0.05, 0) is 31.8 Å². The number of hydrogen-bond acceptors (Lipinski definition) is 2. The van der Waals surface area contributed by atoms with Crippen molar-refractivity contribution in [1.29, 1.82) is 0 Å². The summed E-state index contributed by atoms with van der Waals surface area (Å²) in [5, 5.41) is 0. The minimum Gasteiger partial charge on any atom is -0.297 e. The quantitative estimate of drug-likeness (QED) is 0.805. The second kappa shape index (κ2) is 4.96. The van der Waals surface area contributed by atoms with Crippen molar-refractivity contribution in [3.05, 3.63) is 35.6 Å². The lowest BCUT2D eigenvalue weighted by atomic mass is 9.83. The van der Waals surface area contributed by atoms with E-state index in [-0.39, 0.29) is 11.6 Å². The molecule has 1 atom stereocenters. The Morgan fingerprint density at radius 3 is 2.29 bits per heavy atom. The van der Waals surface area contributed by atoms with Crippen LogP contribution >= 0.6 is 0 Å². The Balaban J connectivity index is 3.15. The SMILES string of the molecule is CN(C)C(C(=O)C(C)(C)C)c1cccc(F)c1. The molecule has 0 amide bonds. The summed E-state index contributed by atoms with van der Waals surface area (Å²) in [5.74, 6) is -0.218. The predicted octanol–water partition coefficient (Wildman–Crippen LogP) is 3.04. The molecule has 0 aliphatic rings. The molecule has 3 heteroatoms. The smallest absolute Gasteiger partial charge is 0.159 e. The molecule has 0 fully saturated rings. The van der Waals surface area contributed by atoms with Gasteiger partial charge in [0.15, 0.2) is 5.78 Å². The fourth-order valence-corrected chi connectivity index (χ4v) is 1.77. The summed E-state index contributed by atoms with van der Waals surface area (Å²) in [7, 11) is 3.67. The molecule has 0 aliphatic carbocycles. The zero-order valence-electron chi connectivity index (χ0n) is 11.1. The van der Waals surface area contributed by atoms with E-state index in [1.807, 2.05) is 39.8 Å². The van der Waals surface area contributed by atoms with Crippen LogP contribution in [0.5, 0.6) is 0 Å². The first kappa shape index (κ1) is 13.8. The molecule has 0 bridgehead atoms. The highest BCUT2D eigenvalue weighted by atomic mass is 19.1. The average molecular weight is 237 g/mol. The van der Waals surface area contributed by atoms with E-state index in [0.717, 1.165) is 0 Å². The molecular weight excluding hydrogens is 217 g/mol. The van der Waals surface area contributed by atoms with E-state index < -0.39 is 11.5 Å². The molecule has 94 valence electrons. The van der Waals surface area contributed by atoms with E-state index in [4.69, 9.17) is 0 Å². The number of ketones is 1. The number of carbonyl (C=O) groups excluding carboxylic acids is 1. The van der Waals surface area contributed by atoms with Crippen LogP contribution in [0.1, 0.15) is 32.4 Å². The molecule has 1 unspecified atom stereocenters. The minimum absolute atomic E-state index is 0.0908. The number of likely N-dealkylation sites (N-methyl/N-ethyl adjacent to an activating group) is 1. The van der Waals surface area contributed by atoms with Crippen molar-refractivity contribution in [2.45, 2.75) is 26.8 Å². The predicted molar refractivity (Wildman–Crippen MR) is 67.3 cm³/mol. The number of rotatable bonds is 3. The highest BCUT2D eigenvalue weighted by Gasteiger charge is 2.32. The third-order valence-electron chi connectivity index (χ3n) is 2.67. The van der Waals surface area contributed by atoms with Crippen LogP contribution in [0.25, 0.3) is 0 Å². The highest BCUT2D eigenvalue weighted by molar-refractivity contribution is 5.89. The molecule has 0 aliphatic heterocycles. The van der Waals surface area contributed by atoms with E-state index >= 15 is 0 Å². The average Bonchev–Trinajstić information content (AvgIpc) is 2.15. The second-order valence-corrected chi connectivity index (χ2v) is 5.54. The summed E-state index contributed by atoms with van der Waals surface area (Å²) >= 11 is 0. The van der Waals surface area contributed by atoms with Crippen molar-refractivity contribution in [2.75, 3.05) is 14.1 Å². The first-order chi connectivity index (χ1) is 7.73. The molecule has 17 heavy (non-hydrogen) atoms. The largest absolute Gasteiger partial charge is 0.297 e. The number of halogens is 1. The van der Waals surface area contributed by atoms with Gasteiger partial charge in [0.05, 0.1) is 6.04 Å². The maximum absolute atomic E-state index is 13.2. The van der Waals surface area contributed by atoms with E-state index in [1.54, 1.807) is 12.1 Å². The first-order valence-corrected chi connectivity index (χ1v) is 5.69. The van der Waals surface area contributed by atoms with Gasteiger partial charge in [-0.15, -0.1) is 0 Å². The van der Waals surface area contributed by atoms with Crippen LogP contribution < -0.4 is 0 Å². The zero-order valence-corrected chi connectivity index (χ0v) is 11.1. The van der Waals surface area contributed by atoms with Crippen LogP contribution in [-0.2, 0) is 4.79 Å². The molecule has 0 aromatic heterocycles. The molecule has 0 saturated heterocycles. The van der Waals surface area contributed by atoms with Crippen molar-refractivity contribution < 1.29 is 9.18 Å². The van der Waals surface area contributed by atoms with Crippen LogP contribution in [0, 0.1) is 11.2 Å². The number of carbonyl (C=O) groups is 1. The molecule has 1 rings (SSSR count). The summed E-state index contributed by atoms with van der Waals surface area (Å²) in [6, 6.07) is 5.84. The second-order valence-electron chi connectivity index (χ2n) is 5.54. The van der Waals surface area contributed by atoms with Crippen LogP contribution in [0.4, 0.5) is 4.39 Å². The van der Waals surface area contributed by atoms with E-state index in [2.05, 4.69) is 0 Å². The highest BCUT2D eigenvalue weighted by Crippen LogP contribution is 2.29. The van der Waals surface area contributed by atoms with E-state index in [9.17, 15) is 9.18 Å². The summed E-state index contributed by atoms with van der Waals surface area (Å²) in [6.45, 7) is 5.64. The van der Waals surface area contributed by atoms with E-state index in [1.165, 1.54) is 12.1 Å². The maximum atomic E-state index is 13.2. The molecule has 1 aromatic carbocycles. The van der Waals surface area contributed by atoms with Crippen molar-refractivity contribution >= 4 is 5.78 Å². The van der Waals surface area contributed by atoms with Gasteiger partial charge in [-0.25, -0.2) is 4.39 Å². The van der Waals surface area contributed by atoms with Crippen LogP contribution in [0.15, 0.2) is 24.3 Å². The molecule has 0 spiro atoms. The minimum atomic E-state index is -0.443. The van der Waals surface area contributed by atoms with Gasteiger partial charge in [0.2, 0.25) is 0 Å². The molecule has 2 nitrogen and oxygen atoms in total. The maximum Gasteiger partial charge on any atom is 0.159 e. The van der Waals surface area contributed by atoms with Gasteiger partial charge in [-0.1, -0.05) is 32.9 Å². The summed E-state index contributed by atoms with van der Waals surface area (Å²) in [5.41, 5.74) is 0.260.